The first-order valence-corrected chi connectivity index (χ1v) is 4.72. The van der Waals surface area contributed by atoms with Crippen LogP contribution in [0.15, 0.2) is 0 Å². The van der Waals surface area contributed by atoms with Gasteiger partial charge in [-0.05, 0) is 13.8 Å². The first-order chi connectivity index (χ1) is 6.57. The van der Waals surface area contributed by atoms with Crippen LogP contribution < -0.4 is 0 Å². The number of aliphatic hydroxyl groups is 1. The van der Waals surface area contributed by atoms with E-state index in [1.54, 1.807) is 7.11 Å². The van der Waals surface area contributed by atoms with Crippen LogP contribution in [-0.4, -0.2) is 49.2 Å². The molecule has 0 aliphatic carbocycles. The average molecular weight is 204 g/mol. The van der Waals surface area contributed by atoms with Crippen LogP contribution in [0, 0.1) is 0 Å². The molecule has 2 aliphatic heterocycles. The van der Waals surface area contributed by atoms with Crippen molar-refractivity contribution < 1.29 is 24.1 Å². The summed E-state index contributed by atoms with van der Waals surface area (Å²) in [4.78, 5) is 0. The summed E-state index contributed by atoms with van der Waals surface area (Å²) in [6, 6.07) is 0. The fourth-order valence-corrected chi connectivity index (χ4v) is 1.98. The van der Waals surface area contributed by atoms with Gasteiger partial charge in [-0.2, -0.15) is 0 Å². The smallest absolute Gasteiger partial charge is 0.186 e. The van der Waals surface area contributed by atoms with E-state index in [4.69, 9.17) is 24.1 Å². The maximum atomic E-state index is 9.08. The molecule has 2 heterocycles. The molecule has 0 aromatic carbocycles. The number of methoxy groups -OCH3 is 1. The Balaban J connectivity index is 2.12. The summed E-state index contributed by atoms with van der Waals surface area (Å²) in [6.07, 6.45) is -1.28. The van der Waals surface area contributed by atoms with Crippen molar-refractivity contribution in [3.05, 3.63) is 0 Å². The molecule has 0 radical (unpaired) electrons. The highest BCUT2D eigenvalue weighted by Gasteiger charge is 2.55. The van der Waals surface area contributed by atoms with Gasteiger partial charge in [0, 0.05) is 7.11 Å². The maximum absolute atomic E-state index is 9.08. The molecule has 5 nitrogen and oxygen atoms in total. The Bertz CT molecular complexity index is 197. The lowest BCUT2D eigenvalue weighted by Crippen LogP contribution is -2.31. The molecule has 0 amide bonds. The molecular weight excluding hydrogens is 188 g/mol. The van der Waals surface area contributed by atoms with Gasteiger partial charge in [0.25, 0.3) is 0 Å². The van der Waals surface area contributed by atoms with Gasteiger partial charge in [0.15, 0.2) is 12.1 Å². The largest absolute Gasteiger partial charge is 0.394 e. The van der Waals surface area contributed by atoms with Crippen molar-refractivity contribution in [1.29, 1.82) is 0 Å². The number of rotatable bonds is 2. The Labute approximate surface area is 82.9 Å². The third-order valence-corrected chi connectivity index (χ3v) is 2.52. The SMILES string of the molecule is COC1O[C@@H](CO)[C@@H]2OC(C)(C)O[C@H]12. The molecule has 0 aromatic heterocycles. The second-order valence-electron chi connectivity index (χ2n) is 4.03. The molecule has 0 spiro atoms. The van der Waals surface area contributed by atoms with Gasteiger partial charge in [-0.25, -0.2) is 0 Å². The summed E-state index contributed by atoms with van der Waals surface area (Å²) in [7, 11) is 1.55. The van der Waals surface area contributed by atoms with Gasteiger partial charge < -0.3 is 24.1 Å². The minimum Gasteiger partial charge on any atom is -0.394 e. The Kier molecular flexibility index (Phi) is 2.53. The third kappa shape index (κ3) is 1.55. The summed E-state index contributed by atoms with van der Waals surface area (Å²) in [5.41, 5.74) is 0. The molecule has 0 saturated carbocycles. The van der Waals surface area contributed by atoms with E-state index in [9.17, 15) is 0 Å². The zero-order valence-corrected chi connectivity index (χ0v) is 8.60. The summed E-state index contributed by atoms with van der Waals surface area (Å²) >= 11 is 0. The molecule has 2 aliphatic rings. The Hall–Kier alpha value is -0.200. The van der Waals surface area contributed by atoms with Crippen LogP contribution in [0.3, 0.4) is 0 Å². The highest BCUT2D eigenvalue weighted by molar-refractivity contribution is 4.94. The zero-order valence-electron chi connectivity index (χ0n) is 8.60. The van der Waals surface area contributed by atoms with Crippen molar-refractivity contribution >= 4 is 0 Å². The second-order valence-corrected chi connectivity index (χ2v) is 4.03. The van der Waals surface area contributed by atoms with E-state index in [1.807, 2.05) is 13.8 Å². The topological polar surface area (TPSA) is 57.2 Å². The molecule has 1 N–H and O–H groups in total. The van der Waals surface area contributed by atoms with E-state index in [0.29, 0.717) is 0 Å². The standard InChI is InChI=1S/C9H16O5/c1-9(2)13-6-5(4-10)12-8(11-3)7(6)14-9/h5-8,10H,4H2,1-3H3/t5-,6-,7-,8?/m0/s1. The van der Waals surface area contributed by atoms with E-state index >= 15 is 0 Å². The van der Waals surface area contributed by atoms with Crippen LogP contribution in [0.25, 0.3) is 0 Å². The Morgan fingerprint density at radius 1 is 1.29 bits per heavy atom. The summed E-state index contributed by atoms with van der Waals surface area (Å²) < 4.78 is 21.8. The van der Waals surface area contributed by atoms with E-state index in [0.717, 1.165) is 0 Å². The minimum absolute atomic E-state index is 0.0829. The first kappa shape index (κ1) is 10.3. The minimum atomic E-state index is -0.622. The van der Waals surface area contributed by atoms with Gasteiger partial charge in [-0.3, -0.25) is 0 Å². The zero-order chi connectivity index (χ0) is 10.3. The second kappa shape index (κ2) is 3.43. The number of hydrogen-bond acceptors (Lipinski definition) is 5. The van der Waals surface area contributed by atoms with Crippen LogP contribution in [0.1, 0.15) is 13.8 Å². The summed E-state index contributed by atoms with van der Waals surface area (Å²) in [5.74, 6) is -0.622. The molecule has 0 aromatic rings. The van der Waals surface area contributed by atoms with E-state index in [-0.39, 0.29) is 24.9 Å². The van der Waals surface area contributed by atoms with Crippen LogP contribution >= 0.6 is 0 Å². The lowest BCUT2D eigenvalue weighted by Gasteiger charge is -2.22. The Morgan fingerprint density at radius 3 is 2.50 bits per heavy atom. The predicted molar refractivity (Wildman–Crippen MR) is 46.6 cm³/mol. The molecular formula is C9H16O5. The Morgan fingerprint density at radius 2 is 1.93 bits per heavy atom. The van der Waals surface area contributed by atoms with Crippen molar-refractivity contribution in [2.45, 2.75) is 44.2 Å². The predicted octanol–water partition coefficient (Wildman–Crippen LogP) is -0.130. The van der Waals surface area contributed by atoms with Crippen molar-refractivity contribution in [3.63, 3.8) is 0 Å². The van der Waals surface area contributed by atoms with Gasteiger partial charge >= 0.3 is 0 Å². The van der Waals surface area contributed by atoms with E-state index < -0.39 is 12.1 Å². The fourth-order valence-electron chi connectivity index (χ4n) is 1.98. The lowest BCUT2D eigenvalue weighted by atomic mass is 10.1. The third-order valence-electron chi connectivity index (χ3n) is 2.52. The normalized spacial score (nSPS) is 45.4. The molecule has 2 fully saturated rings. The molecule has 0 bridgehead atoms. The molecule has 4 atom stereocenters. The van der Waals surface area contributed by atoms with Crippen molar-refractivity contribution in [2.24, 2.45) is 0 Å². The molecule has 2 saturated heterocycles. The van der Waals surface area contributed by atoms with Gasteiger partial charge in [-0.15, -0.1) is 0 Å². The monoisotopic (exact) mass is 204 g/mol. The number of aliphatic hydroxyl groups excluding tert-OH is 1. The van der Waals surface area contributed by atoms with Gasteiger partial charge in [0.2, 0.25) is 0 Å². The molecule has 5 heteroatoms. The molecule has 82 valence electrons. The summed E-state index contributed by atoms with van der Waals surface area (Å²) in [5, 5.41) is 9.08. The highest BCUT2D eigenvalue weighted by Crippen LogP contribution is 2.38. The quantitative estimate of drug-likeness (QED) is 0.679. The lowest BCUT2D eigenvalue weighted by molar-refractivity contribution is -0.230. The van der Waals surface area contributed by atoms with Crippen molar-refractivity contribution in [1.82, 2.24) is 0 Å². The highest BCUT2D eigenvalue weighted by atomic mass is 16.8. The maximum Gasteiger partial charge on any atom is 0.186 e. The fraction of sp³-hybridized carbons (Fsp3) is 1.00. The number of hydrogen-bond donors (Lipinski definition) is 1. The van der Waals surface area contributed by atoms with Gasteiger partial charge in [-0.1, -0.05) is 0 Å². The first-order valence-electron chi connectivity index (χ1n) is 4.72. The average Bonchev–Trinajstić information content (AvgIpc) is 2.57. The molecule has 2 rings (SSSR count). The van der Waals surface area contributed by atoms with E-state index in [2.05, 4.69) is 0 Å². The van der Waals surface area contributed by atoms with Crippen LogP contribution in [0.2, 0.25) is 0 Å². The van der Waals surface area contributed by atoms with Crippen molar-refractivity contribution in [3.8, 4) is 0 Å². The van der Waals surface area contributed by atoms with Gasteiger partial charge in [0.1, 0.15) is 18.3 Å². The van der Waals surface area contributed by atoms with Crippen LogP contribution in [-0.2, 0) is 18.9 Å². The number of ether oxygens (including phenoxy) is 4. The van der Waals surface area contributed by atoms with Crippen LogP contribution in [0.4, 0.5) is 0 Å². The van der Waals surface area contributed by atoms with Crippen molar-refractivity contribution in [2.75, 3.05) is 13.7 Å². The summed E-state index contributed by atoms with van der Waals surface area (Å²) in [6.45, 7) is 3.60. The number of fused-ring (bicyclic) bond motifs is 1. The van der Waals surface area contributed by atoms with Crippen LogP contribution in [0.5, 0.6) is 0 Å². The molecule has 14 heavy (non-hydrogen) atoms. The van der Waals surface area contributed by atoms with Gasteiger partial charge in [0.05, 0.1) is 6.61 Å². The molecule has 1 unspecified atom stereocenters. The van der Waals surface area contributed by atoms with E-state index in [1.165, 1.54) is 0 Å².